The fraction of sp³-hybridized carbons (Fsp3) is 0.571. The number of nitrogens with one attached hydrogen (secondary N) is 1. The maximum absolute atomic E-state index is 6.06. The highest BCUT2D eigenvalue weighted by molar-refractivity contribution is 14.1. The van der Waals surface area contributed by atoms with E-state index in [1.807, 2.05) is 12.1 Å². The van der Waals surface area contributed by atoms with Crippen molar-refractivity contribution in [2.24, 2.45) is 0 Å². The lowest BCUT2D eigenvalue weighted by atomic mass is 10.0. The molecule has 1 N–H and O–H groups in total. The quantitative estimate of drug-likeness (QED) is 0.799. The number of aryl methyl sites for hydroxylation is 1. The van der Waals surface area contributed by atoms with E-state index in [9.17, 15) is 0 Å². The summed E-state index contributed by atoms with van der Waals surface area (Å²) < 4.78 is 7.24. The van der Waals surface area contributed by atoms with Crippen LogP contribution in [0.5, 0.6) is 0 Å². The Morgan fingerprint density at radius 3 is 2.83 bits per heavy atom. The molecule has 3 rings (SSSR count). The molecule has 1 atom stereocenters. The second-order valence-electron chi connectivity index (χ2n) is 5.48. The summed E-state index contributed by atoms with van der Waals surface area (Å²) in [5.74, 6) is 0. The molecule has 1 unspecified atom stereocenters. The monoisotopic (exact) mass is 377 g/mol. The molecule has 1 spiro atoms. The topological polar surface area (TPSA) is 21.3 Å². The van der Waals surface area contributed by atoms with Gasteiger partial charge in [0.1, 0.15) is 0 Å². The lowest BCUT2D eigenvalue weighted by Gasteiger charge is -2.31. The van der Waals surface area contributed by atoms with Gasteiger partial charge in [0, 0.05) is 27.1 Å². The number of halogens is 2. The zero-order valence-corrected chi connectivity index (χ0v) is 13.3. The predicted molar refractivity (Wildman–Crippen MR) is 82.3 cm³/mol. The van der Waals surface area contributed by atoms with E-state index in [0.29, 0.717) is 11.6 Å². The largest absolute Gasteiger partial charge is 0.375 e. The zero-order valence-electron chi connectivity index (χ0n) is 10.4. The van der Waals surface area contributed by atoms with E-state index in [1.165, 1.54) is 27.5 Å². The van der Waals surface area contributed by atoms with Gasteiger partial charge in [-0.1, -0.05) is 11.6 Å². The number of ether oxygens (including phenoxy) is 1. The average molecular weight is 378 g/mol. The van der Waals surface area contributed by atoms with E-state index in [0.717, 1.165) is 24.6 Å². The molecule has 1 saturated carbocycles. The molecule has 18 heavy (non-hydrogen) atoms. The van der Waals surface area contributed by atoms with E-state index < -0.39 is 0 Å². The molecule has 1 heterocycles. The normalized spacial score (nSPS) is 25.4. The summed E-state index contributed by atoms with van der Waals surface area (Å²) in [6, 6.07) is 4.07. The summed E-state index contributed by atoms with van der Waals surface area (Å²) in [5, 5.41) is 4.46. The fourth-order valence-electron chi connectivity index (χ4n) is 2.54. The van der Waals surface area contributed by atoms with E-state index in [-0.39, 0.29) is 0 Å². The SMILES string of the molecule is Cc1cc(Cl)cc(I)c1CC1CNC2(CC2)CO1. The minimum Gasteiger partial charge on any atom is -0.375 e. The minimum absolute atomic E-state index is 0.296. The van der Waals surface area contributed by atoms with Crippen molar-refractivity contribution in [3.05, 3.63) is 31.9 Å². The van der Waals surface area contributed by atoms with E-state index in [1.54, 1.807) is 0 Å². The van der Waals surface area contributed by atoms with Crippen LogP contribution in [0.4, 0.5) is 0 Å². The molecule has 1 aliphatic heterocycles. The first-order chi connectivity index (χ1) is 8.58. The minimum atomic E-state index is 0.296. The predicted octanol–water partition coefficient (Wildman–Crippen LogP) is 3.32. The maximum Gasteiger partial charge on any atom is 0.0741 e. The third-order valence-corrected chi connectivity index (χ3v) is 5.15. The van der Waals surface area contributed by atoms with Gasteiger partial charge in [-0.15, -0.1) is 0 Å². The van der Waals surface area contributed by atoms with Gasteiger partial charge in [0.15, 0.2) is 0 Å². The van der Waals surface area contributed by atoms with E-state index >= 15 is 0 Å². The van der Waals surface area contributed by atoms with Crippen molar-refractivity contribution < 1.29 is 4.74 Å². The molecule has 98 valence electrons. The Kier molecular flexibility index (Phi) is 3.60. The molecule has 1 aromatic carbocycles. The summed E-state index contributed by atoms with van der Waals surface area (Å²) in [7, 11) is 0. The van der Waals surface area contributed by atoms with Gasteiger partial charge in [-0.3, -0.25) is 0 Å². The lowest BCUT2D eigenvalue weighted by molar-refractivity contribution is -0.00247. The molecular formula is C14H17ClINO. The first-order valence-electron chi connectivity index (χ1n) is 6.39. The molecule has 0 amide bonds. The van der Waals surface area contributed by atoms with Crippen molar-refractivity contribution in [2.75, 3.05) is 13.2 Å². The number of morpholine rings is 1. The van der Waals surface area contributed by atoms with E-state index in [2.05, 4.69) is 34.8 Å². The Balaban J connectivity index is 1.69. The van der Waals surface area contributed by atoms with Crippen molar-refractivity contribution in [3.8, 4) is 0 Å². The highest BCUT2D eigenvalue weighted by Crippen LogP contribution is 2.38. The van der Waals surface area contributed by atoms with Crippen LogP contribution in [0.1, 0.15) is 24.0 Å². The summed E-state index contributed by atoms with van der Waals surface area (Å²) in [6.07, 6.45) is 3.82. The third-order valence-electron chi connectivity index (χ3n) is 3.97. The first kappa shape index (κ1) is 13.2. The van der Waals surface area contributed by atoms with Gasteiger partial charge in [-0.2, -0.15) is 0 Å². The zero-order chi connectivity index (χ0) is 12.8. The van der Waals surface area contributed by atoms with Gasteiger partial charge in [0.25, 0.3) is 0 Å². The molecule has 1 aliphatic carbocycles. The molecule has 2 nitrogen and oxygen atoms in total. The van der Waals surface area contributed by atoms with Crippen LogP contribution in [0, 0.1) is 10.5 Å². The summed E-state index contributed by atoms with van der Waals surface area (Å²) in [6.45, 7) is 3.97. The number of hydrogen-bond acceptors (Lipinski definition) is 2. The second-order valence-corrected chi connectivity index (χ2v) is 7.08. The van der Waals surface area contributed by atoms with Crippen molar-refractivity contribution in [2.45, 2.75) is 37.8 Å². The Bertz CT molecular complexity index is 440. The van der Waals surface area contributed by atoms with Crippen molar-refractivity contribution in [1.29, 1.82) is 0 Å². The van der Waals surface area contributed by atoms with Crippen LogP contribution in [0.3, 0.4) is 0 Å². The second kappa shape index (κ2) is 4.93. The standard InChI is InChI=1S/C14H17ClINO/c1-9-4-10(15)5-13(16)12(9)6-11-7-17-14(2-3-14)8-18-11/h4-5,11,17H,2-3,6-8H2,1H3. The Morgan fingerprint density at radius 1 is 1.50 bits per heavy atom. The van der Waals surface area contributed by atoms with Gasteiger partial charge < -0.3 is 10.1 Å². The highest BCUT2D eigenvalue weighted by Gasteiger charge is 2.45. The number of benzene rings is 1. The van der Waals surface area contributed by atoms with Crippen LogP contribution >= 0.6 is 34.2 Å². The Labute approximate surface area is 127 Å². The van der Waals surface area contributed by atoms with Crippen molar-refractivity contribution in [1.82, 2.24) is 5.32 Å². The van der Waals surface area contributed by atoms with E-state index in [4.69, 9.17) is 16.3 Å². The van der Waals surface area contributed by atoms with Crippen LogP contribution in [-0.2, 0) is 11.2 Å². The van der Waals surface area contributed by atoms with Crippen LogP contribution in [0.2, 0.25) is 5.02 Å². The Hall–Kier alpha value is 0.160. The summed E-state index contributed by atoms with van der Waals surface area (Å²) >= 11 is 8.43. The molecule has 2 fully saturated rings. The molecule has 0 radical (unpaired) electrons. The molecule has 2 aliphatic rings. The smallest absolute Gasteiger partial charge is 0.0741 e. The highest BCUT2D eigenvalue weighted by atomic mass is 127. The molecule has 4 heteroatoms. The molecule has 1 saturated heterocycles. The van der Waals surface area contributed by atoms with Gasteiger partial charge in [-0.05, 0) is 65.6 Å². The van der Waals surface area contributed by atoms with Crippen molar-refractivity contribution >= 4 is 34.2 Å². The van der Waals surface area contributed by atoms with Crippen LogP contribution in [0.25, 0.3) is 0 Å². The van der Waals surface area contributed by atoms with Gasteiger partial charge >= 0.3 is 0 Å². The van der Waals surface area contributed by atoms with Gasteiger partial charge in [-0.25, -0.2) is 0 Å². The number of hydrogen-bond donors (Lipinski definition) is 1. The summed E-state index contributed by atoms with van der Waals surface area (Å²) in [4.78, 5) is 0. The van der Waals surface area contributed by atoms with Crippen LogP contribution in [0.15, 0.2) is 12.1 Å². The van der Waals surface area contributed by atoms with Gasteiger partial charge in [0.05, 0.1) is 12.7 Å². The number of rotatable bonds is 2. The maximum atomic E-state index is 6.06. The Morgan fingerprint density at radius 2 is 2.28 bits per heavy atom. The van der Waals surface area contributed by atoms with Crippen LogP contribution < -0.4 is 5.32 Å². The molecular weight excluding hydrogens is 361 g/mol. The van der Waals surface area contributed by atoms with Crippen LogP contribution in [-0.4, -0.2) is 24.8 Å². The third kappa shape index (κ3) is 2.69. The fourth-order valence-corrected chi connectivity index (χ4v) is 3.98. The molecule has 0 bridgehead atoms. The van der Waals surface area contributed by atoms with Gasteiger partial charge in [0.2, 0.25) is 0 Å². The first-order valence-corrected chi connectivity index (χ1v) is 7.85. The van der Waals surface area contributed by atoms with Crippen molar-refractivity contribution in [3.63, 3.8) is 0 Å². The summed E-state index contributed by atoms with van der Waals surface area (Å²) in [5.41, 5.74) is 2.99. The molecule has 0 aromatic heterocycles. The molecule has 1 aromatic rings. The lowest BCUT2D eigenvalue weighted by Crippen LogP contribution is -2.48. The average Bonchev–Trinajstić information content (AvgIpc) is 3.06.